The van der Waals surface area contributed by atoms with Gasteiger partial charge in [-0.15, -0.1) is 0 Å². The molecule has 0 aromatic carbocycles. The van der Waals surface area contributed by atoms with E-state index in [1.807, 2.05) is 6.92 Å². The fraction of sp³-hybridized carbons (Fsp3) is 1.00. The van der Waals surface area contributed by atoms with Crippen molar-refractivity contribution in [2.45, 2.75) is 91.4 Å². The van der Waals surface area contributed by atoms with Gasteiger partial charge < -0.3 is 0 Å². The molecule has 22 heavy (non-hydrogen) atoms. The van der Waals surface area contributed by atoms with Gasteiger partial charge >= 0.3 is 10.4 Å². The Labute approximate surface area is 138 Å². The van der Waals surface area contributed by atoms with Crippen molar-refractivity contribution in [2.24, 2.45) is 11.8 Å². The normalized spacial score (nSPS) is 14.9. The topological polar surface area (TPSA) is 63.6 Å². The summed E-state index contributed by atoms with van der Waals surface area (Å²) in [5.41, 5.74) is 0. The zero-order chi connectivity index (χ0) is 16.8. The maximum atomic E-state index is 10.4. The summed E-state index contributed by atoms with van der Waals surface area (Å²) >= 11 is 0. The van der Waals surface area contributed by atoms with Crippen molar-refractivity contribution in [2.75, 3.05) is 6.61 Å². The molecule has 2 atom stereocenters. The van der Waals surface area contributed by atoms with Gasteiger partial charge in [0.05, 0.1) is 6.61 Å². The van der Waals surface area contributed by atoms with E-state index in [2.05, 4.69) is 18.0 Å². The zero-order valence-corrected chi connectivity index (χ0v) is 15.5. The van der Waals surface area contributed by atoms with Crippen LogP contribution in [0, 0.1) is 11.8 Å². The Hall–Kier alpha value is -0.130. The third kappa shape index (κ3) is 16.2. The summed E-state index contributed by atoms with van der Waals surface area (Å²) in [5, 5.41) is 0. The molecule has 0 saturated heterocycles. The van der Waals surface area contributed by atoms with Gasteiger partial charge in [-0.05, 0) is 18.3 Å². The molecule has 0 aliphatic rings. The second-order valence-electron chi connectivity index (χ2n) is 6.74. The summed E-state index contributed by atoms with van der Waals surface area (Å²) in [4.78, 5) is 0. The van der Waals surface area contributed by atoms with E-state index in [0.29, 0.717) is 0 Å². The number of unbranched alkanes of at least 4 members (excludes halogenated alkanes) is 7. The predicted octanol–water partition coefficient (Wildman–Crippen LogP) is 5.39. The van der Waals surface area contributed by atoms with Gasteiger partial charge in [0.2, 0.25) is 0 Å². The first kappa shape index (κ1) is 21.9. The molecule has 0 saturated carbocycles. The van der Waals surface area contributed by atoms with Crippen molar-refractivity contribution >= 4 is 10.4 Å². The lowest BCUT2D eigenvalue weighted by Crippen LogP contribution is -2.11. The van der Waals surface area contributed by atoms with E-state index < -0.39 is 10.4 Å². The first-order valence-corrected chi connectivity index (χ1v) is 10.3. The smallest absolute Gasteiger partial charge is 0.264 e. The van der Waals surface area contributed by atoms with Crippen LogP contribution in [0.4, 0.5) is 0 Å². The molecule has 0 aliphatic heterocycles. The van der Waals surface area contributed by atoms with Gasteiger partial charge in [0.15, 0.2) is 0 Å². The SMILES string of the molecule is CCC(C)CCCCCCCCCCC(C)COS(=O)(=O)O. The van der Waals surface area contributed by atoms with Crippen LogP contribution in [0.5, 0.6) is 0 Å². The molecule has 4 nitrogen and oxygen atoms in total. The molecule has 0 radical (unpaired) electrons. The monoisotopic (exact) mass is 336 g/mol. The van der Waals surface area contributed by atoms with Gasteiger partial charge in [0.1, 0.15) is 0 Å². The largest absolute Gasteiger partial charge is 0.397 e. The van der Waals surface area contributed by atoms with Gasteiger partial charge in [0.25, 0.3) is 0 Å². The summed E-state index contributed by atoms with van der Waals surface area (Å²) < 4.78 is 33.8. The molecule has 0 fully saturated rings. The Morgan fingerprint density at radius 3 is 1.64 bits per heavy atom. The second-order valence-corrected chi connectivity index (χ2v) is 7.83. The van der Waals surface area contributed by atoms with Gasteiger partial charge in [-0.2, -0.15) is 8.42 Å². The molecule has 2 unspecified atom stereocenters. The van der Waals surface area contributed by atoms with E-state index >= 15 is 0 Å². The minimum atomic E-state index is -4.28. The minimum absolute atomic E-state index is 0.0784. The van der Waals surface area contributed by atoms with Crippen LogP contribution in [0.1, 0.15) is 91.4 Å². The van der Waals surface area contributed by atoms with Gasteiger partial charge in [-0.25, -0.2) is 4.18 Å². The van der Waals surface area contributed by atoms with E-state index in [4.69, 9.17) is 4.55 Å². The van der Waals surface area contributed by atoms with Crippen LogP contribution in [0.3, 0.4) is 0 Å². The average Bonchev–Trinajstić information content (AvgIpc) is 2.46. The summed E-state index contributed by atoms with van der Waals surface area (Å²) in [5.74, 6) is 1.05. The van der Waals surface area contributed by atoms with Crippen molar-refractivity contribution in [3.63, 3.8) is 0 Å². The van der Waals surface area contributed by atoms with Gasteiger partial charge in [-0.3, -0.25) is 4.55 Å². The second kappa shape index (κ2) is 13.3. The molecular formula is C17H36O4S. The van der Waals surface area contributed by atoms with Crippen molar-refractivity contribution in [1.29, 1.82) is 0 Å². The standard InChI is InChI=1S/C17H36O4S/c1-4-16(2)13-11-9-7-5-6-8-10-12-14-17(3)15-21-22(18,19)20/h16-17H,4-15H2,1-3H3,(H,18,19,20). The molecule has 1 N–H and O–H groups in total. The number of hydrogen-bond donors (Lipinski definition) is 1. The highest BCUT2D eigenvalue weighted by Crippen LogP contribution is 2.16. The Morgan fingerprint density at radius 2 is 1.23 bits per heavy atom. The quantitative estimate of drug-likeness (QED) is 0.322. The maximum Gasteiger partial charge on any atom is 0.397 e. The maximum absolute atomic E-state index is 10.4. The number of hydrogen-bond acceptors (Lipinski definition) is 3. The average molecular weight is 337 g/mol. The lowest BCUT2D eigenvalue weighted by Gasteiger charge is -2.10. The molecule has 0 heterocycles. The van der Waals surface area contributed by atoms with E-state index in [1.165, 1.54) is 57.8 Å². The molecule has 5 heteroatoms. The van der Waals surface area contributed by atoms with Crippen molar-refractivity contribution in [3.05, 3.63) is 0 Å². The predicted molar refractivity (Wildman–Crippen MR) is 92.3 cm³/mol. The molecule has 0 aromatic rings. The highest BCUT2D eigenvalue weighted by atomic mass is 32.3. The van der Waals surface area contributed by atoms with Crippen LogP contribution in [0.15, 0.2) is 0 Å². The Morgan fingerprint density at radius 1 is 0.818 bits per heavy atom. The van der Waals surface area contributed by atoms with Crippen molar-refractivity contribution in [1.82, 2.24) is 0 Å². The summed E-state index contributed by atoms with van der Waals surface area (Å²) in [6.45, 7) is 6.62. The van der Waals surface area contributed by atoms with Crippen LogP contribution in [0.2, 0.25) is 0 Å². The van der Waals surface area contributed by atoms with E-state index in [9.17, 15) is 8.42 Å². The van der Waals surface area contributed by atoms with Gasteiger partial charge in [0, 0.05) is 0 Å². The molecule has 0 spiro atoms. The summed E-state index contributed by atoms with van der Waals surface area (Å²) in [7, 11) is -4.28. The Kier molecular flexibility index (Phi) is 13.2. The summed E-state index contributed by atoms with van der Waals surface area (Å²) in [6.07, 6.45) is 13.9. The molecule has 0 amide bonds. The Balaban J connectivity index is 3.26. The van der Waals surface area contributed by atoms with Crippen molar-refractivity contribution in [3.8, 4) is 0 Å². The molecule has 0 bridgehead atoms. The van der Waals surface area contributed by atoms with Crippen LogP contribution in [-0.2, 0) is 14.6 Å². The van der Waals surface area contributed by atoms with Crippen LogP contribution in [-0.4, -0.2) is 19.6 Å². The fourth-order valence-corrected chi connectivity index (χ4v) is 2.94. The molecule has 0 aromatic heterocycles. The highest BCUT2D eigenvalue weighted by molar-refractivity contribution is 7.80. The van der Waals surface area contributed by atoms with E-state index in [-0.39, 0.29) is 12.5 Å². The lowest BCUT2D eigenvalue weighted by molar-refractivity contribution is 0.222. The fourth-order valence-electron chi connectivity index (χ4n) is 2.54. The van der Waals surface area contributed by atoms with Gasteiger partial charge in [-0.1, -0.05) is 85.0 Å². The molecule has 134 valence electrons. The molecular weight excluding hydrogens is 300 g/mol. The minimum Gasteiger partial charge on any atom is -0.264 e. The first-order valence-electron chi connectivity index (χ1n) is 8.97. The van der Waals surface area contributed by atoms with Crippen LogP contribution < -0.4 is 0 Å². The molecule has 0 rings (SSSR count). The van der Waals surface area contributed by atoms with Crippen molar-refractivity contribution < 1.29 is 17.2 Å². The highest BCUT2D eigenvalue weighted by Gasteiger charge is 2.09. The summed E-state index contributed by atoms with van der Waals surface area (Å²) in [6, 6.07) is 0. The van der Waals surface area contributed by atoms with Crippen LogP contribution in [0.25, 0.3) is 0 Å². The third-order valence-corrected chi connectivity index (χ3v) is 4.78. The van der Waals surface area contributed by atoms with Crippen LogP contribution >= 0.6 is 0 Å². The first-order chi connectivity index (χ1) is 10.3. The van der Waals surface area contributed by atoms with E-state index in [1.54, 1.807) is 0 Å². The molecule has 0 aliphatic carbocycles. The van der Waals surface area contributed by atoms with E-state index in [0.717, 1.165) is 18.8 Å². The lowest BCUT2D eigenvalue weighted by atomic mass is 9.99. The third-order valence-electron chi connectivity index (χ3n) is 4.34. The zero-order valence-electron chi connectivity index (χ0n) is 14.7. The number of rotatable bonds is 15. The Bertz CT molecular complexity index is 341.